The Morgan fingerprint density at radius 2 is 1.53 bits per heavy atom. The van der Waals surface area contributed by atoms with Crippen LogP contribution in [0, 0.1) is 0 Å². The number of nitrogens with one attached hydrogen (secondary N) is 3. The van der Waals surface area contributed by atoms with Gasteiger partial charge in [-0.1, -0.05) is 64.5 Å². The van der Waals surface area contributed by atoms with Crippen LogP contribution in [0.4, 0.5) is 5.69 Å². The third kappa shape index (κ3) is 9.46. The summed E-state index contributed by atoms with van der Waals surface area (Å²) in [6.45, 7) is -0.426. The summed E-state index contributed by atoms with van der Waals surface area (Å²) in [7, 11) is -3.98. The normalized spacial score (nSPS) is 11.4. The summed E-state index contributed by atoms with van der Waals surface area (Å²) in [5.41, 5.74) is 3.75. The van der Waals surface area contributed by atoms with Crippen LogP contribution in [0.25, 0.3) is 0 Å². The Morgan fingerprint density at radius 1 is 0.860 bits per heavy atom. The van der Waals surface area contributed by atoms with Crippen LogP contribution in [0.5, 0.6) is 0 Å². The largest absolute Gasteiger partial charge is 0.458 e. The van der Waals surface area contributed by atoms with E-state index < -0.39 is 34.3 Å². The molecule has 3 N–H and O–H groups in total. The van der Waals surface area contributed by atoms with Crippen LogP contribution in [0.1, 0.15) is 17.1 Å². The second-order valence-corrected chi connectivity index (χ2v) is 12.0. The van der Waals surface area contributed by atoms with Crippen molar-refractivity contribution >= 4 is 55.6 Å². The van der Waals surface area contributed by atoms with Crippen LogP contribution in [0.15, 0.2) is 116 Å². The van der Waals surface area contributed by atoms with E-state index in [0.29, 0.717) is 17.9 Å². The molecule has 4 aromatic rings. The van der Waals surface area contributed by atoms with E-state index in [-0.39, 0.29) is 23.7 Å². The van der Waals surface area contributed by atoms with Gasteiger partial charge in [0, 0.05) is 16.7 Å². The maximum Gasteiger partial charge on any atom is 0.313 e. The lowest BCUT2D eigenvalue weighted by Crippen LogP contribution is -2.40. The van der Waals surface area contributed by atoms with Gasteiger partial charge in [-0.05, 0) is 60.5 Å². The second-order valence-electron chi connectivity index (χ2n) is 9.13. The average molecular weight is 667 g/mol. The van der Waals surface area contributed by atoms with Crippen molar-refractivity contribution in [3.8, 4) is 0 Å². The zero-order valence-electron chi connectivity index (χ0n) is 22.8. The molecule has 0 aliphatic rings. The van der Waals surface area contributed by atoms with Gasteiger partial charge in [0.2, 0.25) is 10.0 Å². The first kappa shape index (κ1) is 31.3. The number of hydrazone groups is 1. The minimum atomic E-state index is -3.98. The van der Waals surface area contributed by atoms with E-state index in [1.807, 2.05) is 30.3 Å². The van der Waals surface area contributed by atoms with Crippen LogP contribution < -0.4 is 16.1 Å². The Kier molecular flexibility index (Phi) is 11.0. The summed E-state index contributed by atoms with van der Waals surface area (Å²) < 4.78 is 34.1. The molecule has 0 saturated heterocycles. The zero-order chi connectivity index (χ0) is 30.7. The highest BCUT2D eigenvalue weighted by molar-refractivity contribution is 9.10. The predicted molar refractivity (Wildman–Crippen MR) is 164 cm³/mol. The number of hydrogen-bond donors (Lipinski definition) is 3. The van der Waals surface area contributed by atoms with Gasteiger partial charge in [0.25, 0.3) is 5.91 Å². The number of anilines is 1. The van der Waals surface area contributed by atoms with Crippen molar-refractivity contribution in [1.82, 2.24) is 15.0 Å². The van der Waals surface area contributed by atoms with E-state index in [0.717, 1.165) is 14.3 Å². The first-order valence-corrected chi connectivity index (χ1v) is 15.3. The molecular formula is C30H28BrN5O6S. The molecule has 222 valence electrons. The Balaban J connectivity index is 1.31. The molecule has 1 heterocycles. The topological polar surface area (TPSA) is 150 Å². The highest BCUT2D eigenvalue weighted by atomic mass is 79.9. The molecule has 13 heteroatoms. The average Bonchev–Trinajstić information content (AvgIpc) is 3.46. The van der Waals surface area contributed by atoms with Gasteiger partial charge < -0.3 is 15.1 Å². The van der Waals surface area contributed by atoms with Crippen molar-refractivity contribution in [2.45, 2.75) is 17.9 Å². The second kappa shape index (κ2) is 15.0. The SMILES string of the molecule is O=C(CN(CCc1ccccc1)S(=O)(=O)c1ccc(Br)cc1)N/N=C\c1ccc(CNC(=O)C(=O)Nc2ccccc2)o1. The molecule has 0 aliphatic carbocycles. The van der Waals surface area contributed by atoms with Crippen molar-refractivity contribution in [2.75, 3.05) is 18.4 Å². The van der Waals surface area contributed by atoms with Crippen LogP contribution in [-0.4, -0.2) is 49.7 Å². The van der Waals surface area contributed by atoms with E-state index >= 15 is 0 Å². The van der Waals surface area contributed by atoms with E-state index in [2.05, 4.69) is 37.1 Å². The lowest BCUT2D eigenvalue weighted by molar-refractivity contribution is -0.136. The van der Waals surface area contributed by atoms with E-state index in [9.17, 15) is 22.8 Å². The maximum atomic E-state index is 13.4. The Bertz CT molecular complexity index is 1680. The number of carbonyl (C=O) groups excluding carboxylic acids is 3. The summed E-state index contributed by atoms with van der Waals surface area (Å²) in [6, 6.07) is 27.3. The maximum absolute atomic E-state index is 13.4. The monoisotopic (exact) mass is 665 g/mol. The minimum absolute atomic E-state index is 0.0501. The van der Waals surface area contributed by atoms with Crippen molar-refractivity contribution in [2.24, 2.45) is 5.10 Å². The van der Waals surface area contributed by atoms with Crippen molar-refractivity contribution < 1.29 is 27.2 Å². The molecule has 0 spiro atoms. The molecule has 0 radical (unpaired) electrons. The van der Waals surface area contributed by atoms with Crippen LogP contribution in [-0.2, 0) is 37.4 Å². The number of rotatable bonds is 12. The lowest BCUT2D eigenvalue weighted by atomic mass is 10.1. The number of amides is 3. The standard InChI is InChI=1S/C30H28BrN5O6S/c31-23-11-15-27(16-12-23)43(40,41)36(18-17-22-7-3-1-4-8-22)21-28(37)35-33-20-26-14-13-25(42-26)19-32-29(38)30(39)34-24-9-5-2-6-10-24/h1-16,20H,17-19,21H2,(H,32,38)(H,34,39)(H,35,37)/b33-20-. The summed E-state index contributed by atoms with van der Waals surface area (Å²) in [4.78, 5) is 36.9. The van der Waals surface area contributed by atoms with Gasteiger partial charge in [-0.15, -0.1) is 0 Å². The number of nitrogens with zero attached hydrogens (tertiary/aromatic N) is 2. The molecule has 0 unspecified atom stereocenters. The molecule has 0 aliphatic heterocycles. The molecule has 1 aromatic heterocycles. The van der Waals surface area contributed by atoms with Crippen LogP contribution in [0.3, 0.4) is 0 Å². The van der Waals surface area contributed by atoms with Gasteiger partial charge in [0.1, 0.15) is 11.5 Å². The van der Waals surface area contributed by atoms with Gasteiger partial charge in [0.15, 0.2) is 0 Å². The molecule has 0 atom stereocenters. The number of sulfonamides is 1. The first-order chi connectivity index (χ1) is 20.7. The summed E-state index contributed by atoms with van der Waals surface area (Å²) in [5, 5.41) is 8.81. The molecule has 3 aromatic carbocycles. The molecule has 11 nitrogen and oxygen atoms in total. The first-order valence-electron chi connectivity index (χ1n) is 13.1. The summed E-state index contributed by atoms with van der Waals surface area (Å²) in [5.74, 6) is -1.68. The minimum Gasteiger partial charge on any atom is -0.458 e. The molecule has 43 heavy (non-hydrogen) atoms. The fraction of sp³-hybridized carbons (Fsp3) is 0.133. The number of para-hydroxylation sites is 1. The number of hydrogen-bond acceptors (Lipinski definition) is 7. The van der Waals surface area contributed by atoms with Gasteiger partial charge in [-0.3, -0.25) is 14.4 Å². The highest BCUT2D eigenvalue weighted by Gasteiger charge is 2.26. The van der Waals surface area contributed by atoms with Gasteiger partial charge in [-0.25, -0.2) is 13.8 Å². The number of halogens is 1. The molecule has 3 amide bonds. The third-order valence-corrected chi connectivity index (χ3v) is 8.38. The smallest absolute Gasteiger partial charge is 0.313 e. The number of carbonyl (C=O) groups is 3. The molecule has 0 saturated carbocycles. The fourth-order valence-corrected chi connectivity index (χ4v) is 5.48. The van der Waals surface area contributed by atoms with E-state index in [1.165, 1.54) is 18.3 Å². The van der Waals surface area contributed by atoms with Gasteiger partial charge >= 0.3 is 11.8 Å². The summed E-state index contributed by atoms with van der Waals surface area (Å²) >= 11 is 3.30. The quantitative estimate of drug-likeness (QED) is 0.119. The zero-order valence-corrected chi connectivity index (χ0v) is 25.2. The number of furan rings is 1. The van der Waals surface area contributed by atoms with Crippen LogP contribution in [0.2, 0.25) is 0 Å². The van der Waals surface area contributed by atoms with Crippen molar-refractivity contribution in [3.05, 3.63) is 119 Å². The van der Waals surface area contributed by atoms with E-state index in [1.54, 1.807) is 54.6 Å². The number of benzene rings is 3. The van der Waals surface area contributed by atoms with Crippen molar-refractivity contribution in [3.63, 3.8) is 0 Å². The summed E-state index contributed by atoms with van der Waals surface area (Å²) in [6.07, 6.45) is 1.65. The van der Waals surface area contributed by atoms with E-state index in [4.69, 9.17) is 4.42 Å². The van der Waals surface area contributed by atoms with Crippen molar-refractivity contribution in [1.29, 1.82) is 0 Å². The molecular weight excluding hydrogens is 638 g/mol. The Labute approximate surface area is 257 Å². The van der Waals surface area contributed by atoms with Gasteiger partial charge in [0.05, 0.1) is 24.2 Å². The lowest BCUT2D eigenvalue weighted by Gasteiger charge is -2.21. The van der Waals surface area contributed by atoms with Gasteiger partial charge in [-0.2, -0.15) is 9.41 Å². The Hall–Kier alpha value is -4.59. The third-order valence-electron chi connectivity index (χ3n) is 5.99. The molecule has 0 bridgehead atoms. The van der Waals surface area contributed by atoms with Crippen LogP contribution >= 0.6 is 15.9 Å². The highest BCUT2D eigenvalue weighted by Crippen LogP contribution is 2.19. The molecule has 4 rings (SSSR count). The molecule has 0 fully saturated rings. The Morgan fingerprint density at radius 3 is 2.23 bits per heavy atom. The fourth-order valence-electron chi connectivity index (χ4n) is 3.82. The predicted octanol–water partition coefficient (Wildman–Crippen LogP) is 3.68.